The summed E-state index contributed by atoms with van der Waals surface area (Å²) in [5.74, 6) is -2.64. The highest BCUT2D eigenvalue weighted by molar-refractivity contribution is 5.95. The number of H-pyrrole nitrogens is 2. The van der Waals surface area contributed by atoms with E-state index >= 15 is 0 Å². The molecule has 27 heavy (non-hydrogen) atoms. The standard InChI is InChI=1S/C17H16F2N6O2/c1-9-11(14(27)24-7-16(8-24)5-17(18,19)6-16)4-21-25(9)15-22-12-10(2-3-20-12)13(26)23-15/h2-4H,5-8H2,1H3,(H2,20,22,23,26). The second kappa shape index (κ2) is 5.02. The molecule has 8 nitrogen and oxygen atoms in total. The number of fused-ring (bicyclic) bond motifs is 1. The fourth-order valence-electron chi connectivity index (χ4n) is 4.22. The predicted molar refractivity (Wildman–Crippen MR) is 91.1 cm³/mol. The summed E-state index contributed by atoms with van der Waals surface area (Å²) in [4.78, 5) is 36.2. The lowest BCUT2D eigenvalue weighted by Crippen LogP contribution is -2.66. The molecule has 0 atom stereocenters. The molecule has 1 aliphatic heterocycles. The number of aromatic amines is 2. The predicted octanol–water partition coefficient (Wildman–Crippen LogP) is 1.62. The number of hydrogen-bond acceptors (Lipinski definition) is 4. The first kappa shape index (κ1) is 16.2. The summed E-state index contributed by atoms with van der Waals surface area (Å²) < 4.78 is 27.6. The minimum Gasteiger partial charge on any atom is -0.346 e. The third-order valence-electron chi connectivity index (χ3n) is 5.46. The van der Waals surface area contributed by atoms with Gasteiger partial charge in [-0.15, -0.1) is 0 Å². The van der Waals surface area contributed by atoms with E-state index in [1.807, 2.05) is 0 Å². The topological polar surface area (TPSA) is 99.7 Å². The Balaban J connectivity index is 1.40. The Labute approximate surface area is 151 Å². The molecule has 3 aromatic rings. The van der Waals surface area contributed by atoms with E-state index in [1.54, 1.807) is 24.1 Å². The van der Waals surface area contributed by atoms with Crippen molar-refractivity contribution in [3.05, 3.63) is 40.1 Å². The third-order valence-corrected chi connectivity index (χ3v) is 5.46. The molecule has 0 unspecified atom stereocenters. The van der Waals surface area contributed by atoms with Crippen molar-refractivity contribution in [2.75, 3.05) is 13.1 Å². The maximum Gasteiger partial charge on any atom is 0.261 e. The zero-order valence-corrected chi connectivity index (χ0v) is 14.4. The van der Waals surface area contributed by atoms with Crippen LogP contribution in [0, 0.1) is 12.3 Å². The Kier molecular flexibility index (Phi) is 3.00. The Hall–Kier alpha value is -3.04. The lowest BCUT2D eigenvalue weighted by atomic mass is 9.61. The van der Waals surface area contributed by atoms with Gasteiger partial charge in [0.15, 0.2) is 0 Å². The number of alkyl halides is 2. The zero-order valence-electron chi connectivity index (χ0n) is 14.4. The normalized spacial score (nSPS) is 19.9. The largest absolute Gasteiger partial charge is 0.346 e. The van der Waals surface area contributed by atoms with E-state index in [0.29, 0.717) is 35.4 Å². The number of nitrogens with zero attached hydrogens (tertiary/aromatic N) is 4. The number of amides is 1. The first-order chi connectivity index (χ1) is 12.8. The van der Waals surface area contributed by atoms with Gasteiger partial charge in [0.1, 0.15) is 5.65 Å². The first-order valence-corrected chi connectivity index (χ1v) is 8.57. The number of hydrogen-bond donors (Lipinski definition) is 2. The molecule has 1 saturated carbocycles. The highest BCUT2D eigenvalue weighted by atomic mass is 19.3. The molecule has 140 valence electrons. The van der Waals surface area contributed by atoms with Crippen molar-refractivity contribution in [2.45, 2.75) is 25.7 Å². The van der Waals surface area contributed by atoms with Crippen LogP contribution in [0.3, 0.4) is 0 Å². The Morgan fingerprint density at radius 2 is 2.04 bits per heavy atom. The number of aromatic nitrogens is 5. The molecule has 2 fully saturated rings. The number of carbonyl (C=O) groups is 1. The lowest BCUT2D eigenvalue weighted by molar-refractivity contribution is -0.203. The molecule has 1 spiro atoms. The van der Waals surface area contributed by atoms with Crippen LogP contribution >= 0.6 is 0 Å². The maximum absolute atomic E-state index is 13.1. The fourth-order valence-corrected chi connectivity index (χ4v) is 4.22. The molecule has 2 aliphatic rings. The molecule has 0 bridgehead atoms. The average molecular weight is 374 g/mol. The number of rotatable bonds is 2. The van der Waals surface area contributed by atoms with Crippen LogP contribution in [0.1, 0.15) is 28.9 Å². The number of halogens is 2. The molecule has 1 aliphatic carbocycles. The van der Waals surface area contributed by atoms with E-state index in [-0.39, 0.29) is 30.3 Å². The Bertz CT molecular complexity index is 1130. The van der Waals surface area contributed by atoms with Crippen molar-refractivity contribution in [3.63, 3.8) is 0 Å². The summed E-state index contributed by atoms with van der Waals surface area (Å²) in [6, 6.07) is 1.62. The van der Waals surface area contributed by atoms with Gasteiger partial charge in [-0.1, -0.05) is 0 Å². The summed E-state index contributed by atoms with van der Waals surface area (Å²) in [6.07, 6.45) is 2.73. The van der Waals surface area contributed by atoms with Gasteiger partial charge in [-0.05, 0) is 13.0 Å². The molecule has 0 radical (unpaired) electrons. The molecular weight excluding hydrogens is 358 g/mol. The van der Waals surface area contributed by atoms with Crippen molar-refractivity contribution in [1.82, 2.24) is 29.6 Å². The van der Waals surface area contributed by atoms with Crippen molar-refractivity contribution >= 4 is 16.9 Å². The lowest BCUT2D eigenvalue weighted by Gasteiger charge is -2.58. The molecule has 3 aromatic heterocycles. The van der Waals surface area contributed by atoms with Gasteiger partial charge in [0, 0.05) is 37.5 Å². The Morgan fingerprint density at radius 1 is 1.30 bits per heavy atom. The van der Waals surface area contributed by atoms with Crippen LogP contribution in [0.5, 0.6) is 0 Å². The highest BCUT2D eigenvalue weighted by Gasteiger charge is 2.62. The van der Waals surface area contributed by atoms with Gasteiger partial charge in [0.2, 0.25) is 11.9 Å². The maximum atomic E-state index is 13.1. The van der Waals surface area contributed by atoms with E-state index in [4.69, 9.17) is 0 Å². The van der Waals surface area contributed by atoms with Crippen molar-refractivity contribution in [2.24, 2.45) is 5.41 Å². The van der Waals surface area contributed by atoms with Gasteiger partial charge >= 0.3 is 0 Å². The highest BCUT2D eigenvalue weighted by Crippen LogP contribution is 2.56. The minimum atomic E-state index is -2.59. The van der Waals surface area contributed by atoms with E-state index in [1.165, 1.54) is 10.9 Å². The monoisotopic (exact) mass is 374 g/mol. The molecule has 10 heteroatoms. The molecular formula is C17H16F2N6O2. The zero-order chi connectivity index (χ0) is 19.0. The molecule has 5 rings (SSSR count). The van der Waals surface area contributed by atoms with Gasteiger partial charge in [0.05, 0.1) is 22.8 Å². The van der Waals surface area contributed by atoms with Crippen molar-refractivity contribution in [3.8, 4) is 5.95 Å². The van der Waals surface area contributed by atoms with E-state index in [0.717, 1.165) is 0 Å². The minimum absolute atomic E-state index is 0.149. The second-order valence-corrected chi connectivity index (χ2v) is 7.56. The second-order valence-electron chi connectivity index (χ2n) is 7.56. The van der Waals surface area contributed by atoms with Crippen LogP contribution in [0.4, 0.5) is 8.78 Å². The molecule has 0 aromatic carbocycles. The van der Waals surface area contributed by atoms with Crippen molar-refractivity contribution in [1.29, 1.82) is 0 Å². The van der Waals surface area contributed by atoms with Gasteiger partial charge < -0.3 is 9.88 Å². The summed E-state index contributed by atoms with van der Waals surface area (Å²) in [5.41, 5.74) is 0.579. The SMILES string of the molecule is Cc1c(C(=O)N2CC3(C2)CC(F)(F)C3)cnn1-c1nc2[nH]ccc2c(=O)[nH]1. The Morgan fingerprint density at radius 3 is 2.74 bits per heavy atom. The average Bonchev–Trinajstić information content (AvgIpc) is 3.16. The van der Waals surface area contributed by atoms with Crippen LogP contribution in [-0.4, -0.2) is 54.6 Å². The first-order valence-electron chi connectivity index (χ1n) is 8.57. The van der Waals surface area contributed by atoms with Crippen LogP contribution < -0.4 is 5.56 Å². The smallest absolute Gasteiger partial charge is 0.261 e. The van der Waals surface area contributed by atoms with Gasteiger partial charge in [-0.25, -0.2) is 13.5 Å². The fraction of sp³-hybridized carbons (Fsp3) is 0.412. The summed E-state index contributed by atoms with van der Waals surface area (Å²) in [5, 5.41) is 4.61. The third kappa shape index (κ3) is 2.32. The molecule has 2 N–H and O–H groups in total. The van der Waals surface area contributed by atoms with Gasteiger partial charge in [0.25, 0.3) is 11.5 Å². The van der Waals surface area contributed by atoms with Crippen LogP contribution in [-0.2, 0) is 0 Å². The molecule has 1 amide bonds. The van der Waals surface area contributed by atoms with Crippen LogP contribution in [0.2, 0.25) is 0 Å². The molecule has 1 saturated heterocycles. The quantitative estimate of drug-likeness (QED) is 0.712. The summed E-state index contributed by atoms with van der Waals surface area (Å²) >= 11 is 0. The van der Waals surface area contributed by atoms with Crippen molar-refractivity contribution < 1.29 is 13.6 Å². The van der Waals surface area contributed by atoms with E-state index in [9.17, 15) is 18.4 Å². The van der Waals surface area contributed by atoms with Crippen LogP contribution in [0.25, 0.3) is 17.0 Å². The van der Waals surface area contributed by atoms with E-state index in [2.05, 4.69) is 20.1 Å². The van der Waals surface area contributed by atoms with E-state index < -0.39 is 11.3 Å². The number of nitrogens with one attached hydrogen (secondary N) is 2. The van der Waals surface area contributed by atoms with Gasteiger partial charge in [-0.3, -0.25) is 14.6 Å². The number of likely N-dealkylation sites (tertiary alicyclic amines) is 1. The van der Waals surface area contributed by atoms with Gasteiger partial charge in [-0.2, -0.15) is 10.1 Å². The summed E-state index contributed by atoms with van der Waals surface area (Å²) in [6.45, 7) is 2.39. The van der Waals surface area contributed by atoms with Crippen LogP contribution in [0.15, 0.2) is 23.3 Å². The molecule has 4 heterocycles. The number of carbonyl (C=O) groups excluding carboxylic acids is 1. The summed E-state index contributed by atoms with van der Waals surface area (Å²) in [7, 11) is 0.